The highest BCUT2D eigenvalue weighted by atomic mass is 15.3. The molecule has 2 aromatic heterocycles. The Morgan fingerprint density at radius 1 is 1.40 bits per heavy atom. The fourth-order valence-electron chi connectivity index (χ4n) is 1.49. The van der Waals surface area contributed by atoms with Crippen molar-refractivity contribution in [3.05, 3.63) is 29.2 Å². The second-order valence-electron chi connectivity index (χ2n) is 3.77. The van der Waals surface area contributed by atoms with E-state index in [9.17, 15) is 0 Å². The molecule has 2 aromatic rings. The van der Waals surface area contributed by atoms with Crippen molar-refractivity contribution in [2.75, 3.05) is 5.73 Å². The Morgan fingerprint density at radius 2 is 2.13 bits per heavy atom. The standard InChI is InChI=1S/C10H15N5/c1-7-5-15(13-10(7)11)6-9-4-12-14(3)8(9)2/h4-5H,6H2,1-3H3,(H2,11,13). The molecule has 0 aliphatic carbocycles. The van der Waals surface area contributed by atoms with Crippen LogP contribution < -0.4 is 5.73 Å². The lowest BCUT2D eigenvalue weighted by molar-refractivity contribution is 0.681. The van der Waals surface area contributed by atoms with Gasteiger partial charge in [-0.2, -0.15) is 10.2 Å². The van der Waals surface area contributed by atoms with Gasteiger partial charge in [-0.05, 0) is 13.8 Å². The molecule has 0 fully saturated rings. The second kappa shape index (κ2) is 3.42. The van der Waals surface area contributed by atoms with Crippen molar-refractivity contribution in [3.8, 4) is 0 Å². The molecule has 0 spiro atoms. The van der Waals surface area contributed by atoms with Gasteiger partial charge in [-0.15, -0.1) is 0 Å². The molecule has 0 amide bonds. The third-order valence-corrected chi connectivity index (χ3v) is 2.65. The highest BCUT2D eigenvalue weighted by Crippen LogP contribution is 2.11. The molecule has 0 aliphatic heterocycles. The minimum Gasteiger partial charge on any atom is -0.382 e. The number of hydrogen-bond acceptors (Lipinski definition) is 3. The SMILES string of the molecule is Cc1cn(Cc2cnn(C)c2C)nc1N. The van der Waals surface area contributed by atoms with Crippen LogP contribution in [0.5, 0.6) is 0 Å². The molecule has 0 saturated carbocycles. The molecule has 15 heavy (non-hydrogen) atoms. The number of nitrogens with two attached hydrogens (primary N) is 1. The zero-order chi connectivity index (χ0) is 11.0. The van der Waals surface area contributed by atoms with E-state index in [0.717, 1.165) is 17.8 Å². The van der Waals surface area contributed by atoms with Gasteiger partial charge in [0.2, 0.25) is 0 Å². The third-order valence-electron chi connectivity index (χ3n) is 2.65. The van der Waals surface area contributed by atoms with E-state index in [1.54, 1.807) is 0 Å². The van der Waals surface area contributed by atoms with Crippen LogP contribution in [0.4, 0.5) is 5.82 Å². The molecule has 0 saturated heterocycles. The first-order valence-corrected chi connectivity index (χ1v) is 4.85. The minimum atomic E-state index is 0.594. The summed E-state index contributed by atoms with van der Waals surface area (Å²) < 4.78 is 3.70. The topological polar surface area (TPSA) is 61.7 Å². The van der Waals surface area contributed by atoms with Crippen molar-refractivity contribution in [1.29, 1.82) is 0 Å². The summed E-state index contributed by atoms with van der Waals surface area (Å²) in [5.41, 5.74) is 9.02. The molecular formula is C10H15N5. The Morgan fingerprint density at radius 3 is 2.60 bits per heavy atom. The molecule has 0 unspecified atom stereocenters. The van der Waals surface area contributed by atoms with E-state index in [1.807, 2.05) is 42.7 Å². The molecule has 80 valence electrons. The Hall–Kier alpha value is -1.78. The summed E-state index contributed by atoms with van der Waals surface area (Å²) in [4.78, 5) is 0. The predicted molar refractivity (Wildman–Crippen MR) is 58.4 cm³/mol. The summed E-state index contributed by atoms with van der Waals surface area (Å²) >= 11 is 0. The van der Waals surface area contributed by atoms with E-state index < -0.39 is 0 Å². The van der Waals surface area contributed by atoms with Crippen LogP contribution in [-0.2, 0) is 13.6 Å². The fourth-order valence-corrected chi connectivity index (χ4v) is 1.49. The van der Waals surface area contributed by atoms with Gasteiger partial charge in [-0.25, -0.2) is 0 Å². The summed E-state index contributed by atoms with van der Waals surface area (Å²) in [5.74, 6) is 0.594. The van der Waals surface area contributed by atoms with Gasteiger partial charge >= 0.3 is 0 Å². The van der Waals surface area contributed by atoms with E-state index in [0.29, 0.717) is 5.82 Å². The fraction of sp³-hybridized carbons (Fsp3) is 0.400. The molecule has 5 heteroatoms. The average molecular weight is 205 g/mol. The Labute approximate surface area is 88.5 Å². The zero-order valence-corrected chi connectivity index (χ0v) is 9.23. The first kappa shape index (κ1) is 9.76. The first-order valence-electron chi connectivity index (χ1n) is 4.85. The average Bonchev–Trinajstić information content (AvgIpc) is 2.65. The van der Waals surface area contributed by atoms with Crippen LogP contribution >= 0.6 is 0 Å². The number of hydrogen-bond donors (Lipinski definition) is 1. The second-order valence-corrected chi connectivity index (χ2v) is 3.77. The maximum Gasteiger partial charge on any atom is 0.148 e. The number of aromatic nitrogens is 4. The largest absolute Gasteiger partial charge is 0.382 e. The molecule has 2 rings (SSSR count). The van der Waals surface area contributed by atoms with Gasteiger partial charge in [0.15, 0.2) is 0 Å². The molecule has 0 radical (unpaired) electrons. The van der Waals surface area contributed by atoms with Crippen LogP contribution in [0.1, 0.15) is 16.8 Å². The number of nitrogen functional groups attached to an aromatic ring is 1. The lowest BCUT2D eigenvalue weighted by atomic mass is 10.2. The monoisotopic (exact) mass is 205 g/mol. The summed E-state index contributed by atoms with van der Waals surface area (Å²) in [5, 5.41) is 8.40. The highest BCUT2D eigenvalue weighted by molar-refractivity contribution is 5.36. The van der Waals surface area contributed by atoms with Crippen molar-refractivity contribution in [2.45, 2.75) is 20.4 Å². The maximum atomic E-state index is 5.68. The summed E-state index contributed by atoms with van der Waals surface area (Å²) in [6.45, 7) is 4.72. The van der Waals surface area contributed by atoms with E-state index in [1.165, 1.54) is 5.56 Å². The van der Waals surface area contributed by atoms with Crippen molar-refractivity contribution in [3.63, 3.8) is 0 Å². The molecule has 2 N–H and O–H groups in total. The van der Waals surface area contributed by atoms with Crippen LogP contribution in [0, 0.1) is 13.8 Å². The van der Waals surface area contributed by atoms with Crippen LogP contribution in [-0.4, -0.2) is 19.6 Å². The van der Waals surface area contributed by atoms with E-state index in [2.05, 4.69) is 10.2 Å². The number of nitrogens with zero attached hydrogens (tertiary/aromatic N) is 4. The Balaban J connectivity index is 2.25. The molecule has 0 aliphatic rings. The highest BCUT2D eigenvalue weighted by Gasteiger charge is 2.06. The predicted octanol–water partition coefficient (Wildman–Crippen LogP) is 0.864. The summed E-state index contributed by atoms with van der Waals surface area (Å²) in [6, 6.07) is 0. The third kappa shape index (κ3) is 1.72. The van der Waals surface area contributed by atoms with Crippen LogP contribution in [0.25, 0.3) is 0 Å². The van der Waals surface area contributed by atoms with Gasteiger partial charge in [0, 0.05) is 30.1 Å². The lowest BCUT2D eigenvalue weighted by Crippen LogP contribution is -2.02. The van der Waals surface area contributed by atoms with Gasteiger partial charge in [-0.3, -0.25) is 9.36 Å². The number of anilines is 1. The van der Waals surface area contributed by atoms with Gasteiger partial charge in [0.1, 0.15) is 5.82 Å². The van der Waals surface area contributed by atoms with Gasteiger partial charge in [0.25, 0.3) is 0 Å². The van der Waals surface area contributed by atoms with Crippen molar-refractivity contribution in [1.82, 2.24) is 19.6 Å². The first-order chi connectivity index (χ1) is 7.08. The van der Waals surface area contributed by atoms with E-state index in [4.69, 9.17) is 5.73 Å². The summed E-state index contributed by atoms with van der Waals surface area (Å²) in [6.07, 6.45) is 3.81. The summed E-state index contributed by atoms with van der Waals surface area (Å²) in [7, 11) is 1.93. The van der Waals surface area contributed by atoms with Gasteiger partial charge in [0.05, 0.1) is 12.7 Å². The molecule has 0 aromatic carbocycles. The maximum absolute atomic E-state index is 5.68. The van der Waals surface area contributed by atoms with E-state index in [-0.39, 0.29) is 0 Å². The normalized spacial score (nSPS) is 10.9. The smallest absolute Gasteiger partial charge is 0.148 e. The molecule has 5 nitrogen and oxygen atoms in total. The molecule has 0 atom stereocenters. The van der Waals surface area contributed by atoms with Crippen molar-refractivity contribution >= 4 is 5.82 Å². The van der Waals surface area contributed by atoms with Crippen molar-refractivity contribution < 1.29 is 0 Å². The van der Waals surface area contributed by atoms with Crippen LogP contribution in [0.2, 0.25) is 0 Å². The van der Waals surface area contributed by atoms with Gasteiger partial charge < -0.3 is 5.73 Å². The molecular weight excluding hydrogens is 190 g/mol. The molecule has 2 heterocycles. The Kier molecular flexibility index (Phi) is 2.22. The van der Waals surface area contributed by atoms with Crippen LogP contribution in [0.15, 0.2) is 12.4 Å². The zero-order valence-electron chi connectivity index (χ0n) is 9.23. The quantitative estimate of drug-likeness (QED) is 0.791. The van der Waals surface area contributed by atoms with Crippen LogP contribution in [0.3, 0.4) is 0 Å². The minimum absolute atomic E-state index is 0.594. The Bertz CT molecular complexity index is 460. The van der Waals surface area contributed by atoms with E-state index >= 15 is 0 Å². The molecule has 0 bridgehead atoms. The van der Waals surface area contributed by atoms with Gasteiger partial charge in [-0.1, -0.05) is 0 Å². The van der Waals surface area contributed by atoms with Crippen molar-refractivity contribution in [2.24, 2.45) is 7.05 Å². The number of aryl methyl sites for hydroxylation is 2. The lowest BCUT2D eigenvalue weighted by Gasteiger charge is -2.00. The number of rotatable bonds is 2.